The molecule has 1 N–H and O–H groups in total. The van der Waals surface area contributed by atoms with E-state index in [4.69, 9.17) is 0 Å². The summed E-state index contributed by atoms with van der Waals surface area (Å²) in [4.78, 5) is 0. The maximum atomic E-state index is 13.6. The Kier molecular flexibility index (Phi) is 5.45. The summed E-state index contributed by atoms with van der Waals surface area (Å²) in [6.45, 7) is 2.15. The van der Waals surface area contributed by atoms with Gasteiger partial charge in [0.15, 0.2) is 0 Å². The fraction of sp³-hybridized carbons (Fsp3) is 0.333. The zero-order valence-electron chi connectivity index (χ0n) is 12.2. The van der Waals surface area contributed by atoms with Crippen molar-refractivity contribution in [1.82, 2.24) is 0 Å². The number of rotatable bonds is 6. The minimum atomic E-state index is -0.787. The SMILES string of the molecule is CCCCc1ccc(C(O)Cc2ccc(F)cc2F)cc1. The van der Waals surface area contributed by atoms with Gasteiger partial charge in [0, 0.05) is 12.5 Å². The van der Waals surface area contributed by atoms with E-state index in [1.165, 1.54) is 17.7 Å². The van der Waals surface area contributed by atoms with Crippen LogP contribution in [0.5, 0.6) is 0 Å². The third-order valence-corrected chi connectivity index (χ3v) is 3.61. The molecule has 112 valence electrons. The van der Waals surface area contributed by atoms with Crippen molar-refractivity contribution in [3.63, 3.8) is 0 Å². The molecule has 0 radical (unpaired) electrons. The molecule has 2 rings (SSSR count). The molecule has 1 atom stereocenters. The topological polar surface area (TPSA) is 20.2 Å². The molecule has 0 bridgehead atoms. The van der Waals surface area contributed by atoms with Gasteiger partial charge in [0.25, 0.3) is 0 Å². The first-order valence-electron chi connectivity index (χ1n) is 7.31. The number of aryl methyl sites for hydroxylation is 1. The standard InChI is InChI=1S/C18H20F2O/c1-2-3-4-13-5-7-14(8-6-13)18(21)11-15-9-10-16(19)12-17(15)20/h5-10,12,18,21H,2-4,11H2,1H3. The Labute approximate surface area is 124 Å². The van der Waals surface area contributed by atoms with E-state index in [9.17, 15) is 13.9 Å². The Balaban J connectivity index is 2.04. The van der Waals surface area contributed by atoms with Gasteiger partial charge in [0.05, 0.1) is 6.10 Å². The van der Waals surface area contributed by atoms with Gasteiger partial charge in [-0.25, -0.2) is 8.78 Å². The molecule has 0 aliphatic rings. The van der Waals surface area contributed by atoms with Crippen LogP contribution in [0.1, 0.15) is 42.6 Å². The van der Waals surface area contributed by atoms with Crippen molar-refractivity contribution in [2.24, 2.45) is 0 Å². The lowest BCUT2D eigenvalue weighted by Crippen LogP contribution is -2.04. The van der Waals surface area contributed by atoms with E-state index in [0.717, 1.165) is 30.9 Å². The Bertz CT molecular complexity index is 578. The molecule has 0 saturated heterocycles. The van der Waals surface area contributed by atoms with Crippen LogP contribution in [-0.2, 0) is 12.8 Å². The number of aliphatic hydroxyl groups is 1. The predicted molar refractivity (Wildman–Crippen MR) is 80.1 cm³/mol. The number of hydrogen-bond acceptors (Lipinski definition) is 1. The van der Waals surface area contributed by atoms with E-state index in [0.29, 0.717) is 5.56 Å². The molecule has 2 aromatic carbocycles. The Morgan fingerprint density at radius 2 is 1.76 bits per heavy atom. The van der Waals surface area contributed by atoms with Gasteiger partial charge in [0.2, 0.25) is 0 Å². The first-order chi connectivity index (χ1) is 10.1. The van der Waals surface area contributed by atoms with Gasteiger partial charge in [-0.3, -0.25) is 0 Å². The lowest BCUT2D eigenvalue weighted by Gasteiger charge is -2.12. The van der Waals surface area contributed by atoms with Gasteiger partial charge in [-0.05, 0) is 35.6 Å². The highest BCUT2D eigenvalue weighted by atomic mass is 19.1. The van der Waals surface area contributed by atoms with Crippen molar-refractivity contribution in [3.8, 4) is 0 Å². The minimum absolute atomic E-state index is 0.139. The second-order valence-corrected chi connectivity index (χ2v) is 5.30. The van der Waals surface area contributed by atoms with E-state index < -0.39 is 17.7 Å². The van der Waals surface area contributed by atoms with E-state index in [1.807, 2.05) is 24.3 Å². The van der Waals surface area contributed by atoms with Gasteiger partial charge in [-0.1, -0.05) is 43.7 Å². The molecule has 0 saturated carbocycles. The highest BCUT2D eigenvalue weighted by Crippen LogP contribution is 2.21. The molecule has 0 aliphatic carbocycles. The lowest BCUT2D eigenvalue weighted by molar-refractivity contribution is 0.177. The normalized spacial score (nSPS) is 12.4. The zero-order chi connectivity index (χ0) is 15.2. The lowest BCUT2D eigenvalue weighted by atomic mass is 9.99. The molecule has 3 heteroatoms. The van der Waals surface area contributed by atoms with E-state index in [1.54, 1.807) is 0 Å². The summed E-state index contributed by atoms with van der Waals surface area (Å²) in [6.07, 6.45) is 2.67. The Morgan fingerprint density at radius 3 is 2.38 bits per heavy atom. The summed E-state index contributed by atoms with van der Waals surface area (Å²) in [7, 11) is 0. The van der Waals surface area contributed by atoms with Crippen molar-refractivity contribution >= 4 is 0 Å². The summed E-state index contributed by atoms with van der Waals surface area (Å²) >= 11 is 0. The quantitative estimate of drug-likeness (QED) is 0.825. The molecule has 2 aromatic rings. The van der Waals surface area contributed by atoms with Crippen LogP contribution in [0.25, 0.3) is 0 Å². The number of halogens is 2. The van der Waals surface area contributed by atoms with Gasteiger partial charge in [-0.2, -0.15) is 0 Å². The maximum Gasteiger partial charge on any atom is 0.129 e. The molecule has 0 fully saturated rings. The largest absolute Gasteiger partial charge is 0.388 e. The fourth-order valence-corrected chi connectivity index (χ4v) is 2.30. The van der Waals surface area contributed by atoms with Crippen molar-refractivity contribution in [2.75, 3.05) is 0 Å². The maximum absolute atomic E-state index is 13.6. The van der Waals surface area contributed by atoms with Gasteiger partial charge in [-0.15, -0.1) is 0 Å². The van der Waals surface area contributed by atoms with Crippen LogP contribution >= 0.6 is 0 Å². The first-order valence-corrected chi connectivity index (χ1v) is 7.31. The third-order valence-electron chi connectivity index (χ3n) is 3.61. The average Bonchev–Trinajstić information content (AvgIpc) is 2.48. The molecule has 0 amide bonds. The number of hydrogen-bond donors (Lipinski definition) is 1. The molecule has 1 nitrogen and oxygen atoms in total. The molecule has 21 heavy (non-hydrogen) atoms. The summed E-state index contributed by atoms with van der Waals surface area (Å²) in [5, 5.41) is 10.2. The molecule has 1 unspecified atom stereocenters. The molecular weight excluding hydrogens is 270 g/mol. The molecule has 0 aromatic heterocycles. The van der Waals surface area contributed by atoms with Crippen molar-refractivity contribution in [3.05, 3.63) is 70.8 Å². The van der Waals surface area contributed by atoms with Crippen LogP contribution < -0.4 is 0 Å². The summed E-state index contributed by atoms with van der Waals surface area (Å²) in [5.74, 6) is -1.22. The minimum Gasteiger partial charge on any atom is -0.388 e. The number of unbranched alkanes of at least 4 members (excludes halogenated alkanes) is 1. The van der Waals surface area contributed by atoms with Crippen molar-refractivity contribution in [2.45, 2.75) is 38.7 Å². The van der Waals surface area contributed by atoms with Crippen LogP contribution in [0.3, 0.4) is 0 Å². The molecule has 0 spiro atoms. The van der Waals surface area contributed by atoms with Crippen LogP contribution in [-0.4, -0.2) is 5.11 Å². The van der Waals surface area contributed by atoms with Gasteiger partial charge in [0.1, 0.15) is 11.6 Å². The van der Waals surface area contributed by atoms with Gasteiger partial charge >= 0.3 is 0 Å². The van der Waals surface area contributed by atoms with Crippen LogP contribution in [0, 0.1) is 11.6 Å². The van der Waals surface area contributed by atoms with Crippen molar-refractivity contribution in [1.29, 1.82) is 0 Å². The monoisotopic (exact) mass is 290 g/mol. The summed E-state index contributed by atoms with van der Waals surface area (Å²) < 4.78 is 26.4. The van der Waals surface area contributed by atoms with Crippen LogP contribution in [0.4, 0.5) is 8.78 Å². The smallest absolute Gasteiger partial charge is 0.129 e. The number of benzene rings is 2. The van der Waals surface area contributed by atoms with E-state index >= 15 is 0 Å². The third kappa shape index (κ3) is 4.36. The highest BCUT2D eigenvalue weighted by molar-refractivity contribution is 5.27. The zero-order valence-corrected chi connectivity index (χ0v) is 12.2. The molecule has 0 aliphatic heterocycles. The predicted octanol–water partition coefficient (Wildman–Crippen LogP) is 4.58. The van der Waals surface area contributed by atoms with Crippen molar-refractivity contribution < 1.29 is 13.9 Å². The molecular formula is C18H20F2O. The Hall–Kier alpha value is -1.74. The highest BCUT2D eigenvalue weighted by Gasteiger charge is 2.12. The molecule has 0 heterocycles. The van der Waals surface area contributed by atoms with Crippen LogP contribution in [0.15, 0.2) is 42.5 Å². The van der Waals surface area contributed by atoms with Crippen LogP contribution in [0.2, 0.25) is 0 Å². The second-order valence-electron chi connectivity index (χ2n) is 5.30. The fourth-order valence-electron chi connectivity index (χ4n) is 2.30. The number of aliphatic hydroxyl groups excluding tert-OH is 1. The van der Waals surface area contributed by atoms with Gasteiger partial charge < -0.3 is 5.11 Å². The average molecular weight is 290 g/mol. The summed E-state index contributed by atoms with van der Waals surface area (Å²) in [5.41, 5.74) is 2.30. The first kappa shape index (κ1) is 15.6. The van der Waals surface area contributed by atoms with E-state index in [2.05, 4.69) is 6.92 Å². The van der Waals surface area contributed by atoms with E-state index in [-0.39, 0.29) is 6.42 Å². The summed E-state index contributed by atoms with van der Waals surface area (Å²) in [6, 6.07) is 11.2. The Morgan fingerprint density at radius 1 is 1.05 bits per heavy atom. The second kappa shape index (κ2) is 7.32.